The SMILES string of the molecule is CCCNC(=O)C(=O)Cc1ccc(Cl)cc1. The minimum Gasteiger partial charge on any atom is -0.350 e. The summed E-state index contributed by atoms with van der Waals surface area (Å²) in [5.74, 6) is -0.937. The average molecular weight is 240 g/mol. The van der Waals surface area contributed by atoms with Gasteiger partial charge in [-0.15, -0.1) is 0 Å². The van der Waals surface area contributed by atoms with Crippen molar-refractivity contribution in [2.75, 3.05) is 6.54 Å². The Morgan fingerprint density at radius 3 is 2.44 bits per heavy atom. The fourth-order valence-electron chi connectivity index (χ4n) is 1.21. The van der Waals surface area contributed by atoms with Crippen LogP contribution >= 0.6 is 11.6 Å². The van der Waals surface area contributed by atoms with Gasteiger partial charge in [0, 0.05) is 18.0 Å². The molecule has 0 unspecified atom stereocenters. The standard InChI is InChI=1S/C12H14ClNO2/c1-2-7-14-12(16)11(15)8-9-3-5-10(13)6-4-9/h3-6H,2,7-8H2,1H3,(H,14,16). The zero-order valence-electron chi connectivity index (χ0n) is 9.13. The van der Waals surface area contributed by atoms with E-state index in [9.17, 15) is 9.59 Å². The lowest BCUT2D eigenvalue weighted by Gasteiger charge is -2.02. The van der Waals surface area contributed by atoms with Crippen LogP contribution in [0.4, 0.5) is 0 Å². The molecule has 4 heteroatoms. The van der Waals surface area contributed by atoms with Crippen LogP contribution in [-0.4, -0.2) is 18.2 Å². The molecule has 0 atom stereocenters. The molecule has 0 saturated heterocycles. The molecule has 3 nitrogen and oxygen atoms in total. The van der Waals surface area contributed by atoms with Gasteiger partial charge in [-0.3, -0.25) is 9.59 Å². The number of hydrogen-bond acceptors (Lipinski definition) is 2. The molecule has 0 fully saturated rings. The van der Waals surface area contributed by atoms with Crippen molar-refractivity contribution in [2.24, 2.45) is 0 Å². The maximum absolute atomic E-state index is 11.5. The van der Waals surface area contributed by atoms with Crippen LogP contribution in [0.15, 0.2) is 24.3 Å². The third kappa shape index (κ3) is 4.03. The first-order valence-electron chi connectivity index (χ1n) is 5.19. The predicted octanol–water partition coefficient (Wildman–Crippen LogP) is 1.98. The van der Waals surface area contributed by atoms with Gasteiger partial charge in [0.25, 0.3) is 5.91 Å². The molecule has 1 aromatic rings. The fourth-order valence-corrected chi connectivity index (χ4v) is 1.33. The highest BCUT2D eigenvalue weighted by Gasteiger charge is 2.12. The number of amides is 1. The number of ketones is 1. The minimum atomic E-state index is -0.517. The molecule has 0 heterocycles. The average Bonchev–Trinajstić information content (AvgIpc) is 2.29. The van der Waals surface area contributed by atoms with Crippen molar-refractivity contribution >= 4 is 23.3 Å². The zero-order chi connectivity index (χ0) is 12.0. The van der Waals surface area contributed by atoms with E-state index in [1.54, 1.807) is 24.3 Å². The van der Waals surface area contributed by atoms with Gasteiger partial charge in [0.1, 0.15) is 0 Å². The molecule has 86 valence electrons. The summed E-state index contributed by atoms with van der Waals surface area (Å²) < 4.78 is 0. The summed E-state index contributed by atoms with van der Waals surface area (Å²) >= 11 is 5.72. The van der Waals surface area contributed by atoms with Gasteiger partial charge in [-0.05, 0) is 24.1 Å². The van der Waals surface area contributed by atoms with Gasteiger partial charge < -0.3 is 5.32 Å². The Morgan fingerprint density at radius 2 is 1.88 bits per heavy atom. The third-order valence-corrected chi connectivity index (χ3v) is 2.32. The Kier molecular flexibility index (Phi) is 4.99. The summed E-state index contributed by atoms with van der Waals surface area (Å²) in [7, 11) is 0. The Bertz CT molecular complexity index is 373. The number of carbonyl (C=O) groups is 2. The topological polar surface area (TPSA) is 46.2 Å². The van der Waals surface area contributed by atoms with Crippen LogP contribution in [0.2, 0.25) is 5.02 Å². The van der Waals surface area contributed by atoms with E-state index in [2.05, 4.69) is 5.32 Å². The van der Waals surface area contributed by atoms with Gasteiger partial charge in [0.15, 0.2) is 0 Å². The normalized spacial score (nSPS) is 9.88. The highest BCUT2D eigenvalue weighted by atomic mass is 35.5. The smallest absolute Gasteiger partial charge is 0.287 e. The minimum absolute atomic E-state index is 0.118. The summed E-state index contributed by atoms with van der Waals surface area (Å²) in [6.07, 6.45) is 0.937. The van der Waals surface area contributed by atoms with Crippen molar-refractivity contribution in [3.05, 3.63) is 34.9 Å². The second kappa shape index (κ2) is 6.28. The van der Waals surface area contributed by atoms with Crippen LogP contribution in [0.1, 0.15) is 18.9 Å². The molecule has 0 saturated carbocycles. The largest absolute Gasteiger partial charge is 0.350 e. The first kappa shape index (κ1) is 12.7. The van der Waals surface area contributed by atoms with Crippen LogP contribution in [-0.2, 0) is 16.0 Å². The van der Waals surface area contributed by atoms with Crippen LogP contribution in [0.5, 0.6) is 0 Å². The summed E-state index contributed by atoms with van der Waals surface area (Å²) in [5, 5.41) is 3.17. The van der Waals surface area contributed by atoms with E-state index in [-0.39, 0.29) is 6.42 Å². The number of halogens is 1. The molecular weight excluding hydrogens is 226 g/mol. The van der Waals surface area contributed by atoms with Gasteiger partial charge in [0.2, 0.25) is 5.78 Å². The van der Waals surface area contributed by atoms with E-state index in [4.69, 9.17) is 11.6 Å². The van der Waals surface area contributed by atoms with E-state index in [1.165, 1.54) is 0 Å². The molecule has 0 spiro atoms. The number of carbonyl (C=O) groups excluding carboxylic acids is 2. The van der Waals surface area contributed by atoms with Crippen LogP contribution in [0.3, 0.4) is 0 Å². The van der Waals surface area contributed by atoms with E-state index in [0.29, 0.717) is 11.6 Å². The number of rotatable bonds is 5. The molecule has 0 aliphatic heterocycles. The van der Waals surface area contributed by atoms with Crippen LogP contribution in [0, 0.1) is 0 Å². The summed E-state index contributed by atoms with van der Waals surface area (Å²) in [5.41, 5.74) is 0.793. The van der Waals surface area contributed by atoms with Gasteiger partial charge in [-0.25, -0.2) is 0 Å². The van der Waals surface area contributed by atoms with E-state index in [0.717, 1.165) is 12.0 Å². The highest BCUT2D eigenvalue weighted by Crippen LogP contribution is 2.10. The van der Waals surface area contributed by atoms with E-state index < -0.39 is 11.7 Å². The Labute approximate surface area is 99.8 Å². The third-order valence-electron chi connectivity index (χ3n) is 2.07. The molecule has 0 aliphatic rings. The Morgan fingerprint density at radius 1 is 1.25 bits per heavy atom. The van der Waals surface area contributed by atoms with Crippen molar-refractivity contribution in [1.82, 2.24) is 5.32 Å². The van der Waals surface area contributed by atoms with Crippen molar-refractivity contribution in [3.63, 3.8) is 0 Å². The second-order valence-electron chi connectivity index (χ2n) is 3.48. The van der Waals surface area contributed by atoms with Crippen LogP contribution < -0.4 is 5.32 Å². The molecule has 0 bridgehead atoms. The van der Waals surface area contributed by atoms with Crippen molar-refractivity contribution in [2.45, 2.75) is 19.8 Å². The lowest BCUT2D eigenvalue weighted by Crippen LogP contribution is -2.32. The van der Waals surface area contributed by atoms with Gasteiger partial charge in [-0.1, -0.05) is 30.7 Å². The Balaban J connectivity index is 2.51. The quantitative estimate of drug-likeness (QED) is 0.799. The molecule has 0 aliphatic carbocycles. The van der Waals surface area contributed by atoms with Gasteiger partial charge in [0.05, 0.1) is 0 Å². The van der Waals surface area contributed by atoms with Crippen LogP contribution in [0.25, 0.3) is 0 Å². The lowest BCUT2D eigenvalue weighted by atomic mass is 10.1. The van der Waals surface area contributed by atoms with E-state index in [1.807, 2.05) is 6.92 Å². The number of Topliss-reactive ketones (excluding diaryl/α,β-unsaturated/α-hetero) is 1. The summed E-state index contributed by atoms with van der Waals surface area (Å²) in [4.78, 5) is 22.7. The molecule has 1 rings (SSSR count). The molecule has 16 heavy (non-hydrogen) atoms. The molecule has 1 amide bonds. The second-order valence-corrected chi connectivity index (χ2v) is 3.92. The van der Waals surface area contributed by atoms with Crippen molar-refractivity contribution in [3.8, 4) is 0 Å². The highest BCUT2D eigenvalue weighted by molar-refractivity contribution is 6.36. The maximum atomic E-state index is 11.5. The number of benzene rings is 1. The molecule has 1 aromatic carbocycles. The van der Waals surface area contributed by atoms with Gasteiger partial charge in [-0.2, -0.15) is 0 Å². The monoisotopic (exact) mass is 239 g/mol. The molecule has 0 aromatic heterocycles. The fraction of sp³-hybridized carbons (Fsp3) is 0.333. The van der Waals surface area contributed by atoms with Crippen molar-refractivity contribution in [1.29, 1.82) is 0 Å². The zero-order valence-corrected chi connectivity index (χ0v) is 9.88. The van der Waals surface area contributed by atoms with Gasteiger partial charge >= 0.3 is 0 Å². The number of hydrogen-bond donors (Lipinski definition) is 1. The first-order chi connectivity index (χ1) is 7.63. The molecule has 1 N–H and O–H groups in total. The summed E-state index contributed by atoms with van der Waals surface area (Å²) in [6.45, 7) is 2.47. The molecular formula is C12H14ClNO2. The van der Waals surface area contributed by atoms with Crippen molar-refractivity contribution < 1.29 is 9.59 Å². The predicted molar refractivity (Wildman–Crippen MR) is 63.5 cm³/mol. The number of nitrogens with one attached hydrogen (secondary N) is 1. The maximum Gasteiger partial charge on any atom is 0.287 e. The molecule has 0 radical (unpaired) electrons. The lowest BCUT2D eigenvalue weighted by molar-refractivity contribution is -0.137. The summed E-state index contributed by atoms with van der Waals surface area (Å²) in [6, 6.07) is 6.89. The Hall–Kier alpha value is -1.35. The van der Waals surface area contributed by atoms with E-state index >= 15 is 0 Å². The first-order valence-corrected chi connectivity index (χ1v) is 5.56.